The summed E-state index contributed by atoms with van der Waals surface area (Å²) in [6.07, 6.45) is 2.64. The summed E-state index contributed by atoms with van der Waals surface area (Å²) >= 11 is 1.60. The van der Waals surface area contributed by atoms with Gasteiger partial charge in [0, 0.05) is 17.5 Å². The lowest BCUT2D eigenvalue weighted by atomic mass is 10.00. The molecule has 3 heterocycles. The van der Waals surface area contributed by atoms with Crippen molar-refractivity contribution in [3.05, 3.63) is 28.3 Å². The molecule has 1 aliphatic heterocycles. The topological polar surface area (TPSA) is 67.2 Å². The van der Waals surface area contributed by atoms with Gasteiger partial charge in [-0.25, -0.2) is 4.98 Å². The maximum atomic E-state index is 12.1. The third-order valence-corrected chi connectivity index (χ3v) is 4.66. The predicted molar refractivity (Wildman–Crippen MR) is 101 cm³/mol. The van der Waals surface area contributed by atoms with Crippen molar-refractivity contribution >= 4 is 42.1 Å². The zero-order valence-electron chi connectivity index (χ0n) is 13.5. The smallest absolute Gasteiger partial charge is 0.227 e. The van der Waals surface area contributed by atoms with E-state index in [-0.39, 0.29) is 37.1 Å². The maximum absolute atomic E-state index is 12.1. The molecule has 24 heavy (non-hydrogen) atoms. The van der Waals surface area contributed by atoms with Crippen molar-refractivity contribution in [2.75, 3.05) is 19.6 Å². The van der Waals surface area contributed by atoms with Crippen molar-refractivity contribution in [2.24, 2.45) is 5.92 Å². The number of nitrogens with one attached hydrogen (secondary N) is 2. The summed E-state index contributed by atoms with van der Waals surface area (Å²) in [6.45, 7) is 4.68. The third-order valence-electron chi connectivity index (χ3n) is 3.98. The lowest BCUT2D eigenvalue weighted by Gasteiger charge is -2.22. The highest BCUT2D eigenvalue weighted by molar-refractivity contribution is 7.08. The first-order chi connectivity index (χ1) is 10.7. The quantitative estimate of drug-likeness (QED) is 0.820. The fourth-order valence-electron chi connectivity index (χ4n) is 2.67. The van der Waals surface area contributed by atoms with Crippen LogP contribution in [0.1, 0.15) is 24.3 Å². The van der Waals surface area contributed by atoms with Gasteiger partial charge in [-0.2, -0.15) is 11.3 Å². The molecule has 0 saturated carbocycles. The van der Waals surface area contributed by atoms with Crippen LogP contribution in [0.4, 0.5) is 0 Å². The second-order valence-corrected chi connectivity index (χ2v) is 6.51. The van der Waals surface area contributed by atoms with E-state index >= 15 is 0 Å². The van der Waals surface area contributed by atoms with Crippen molar-refractivity contribution in [3.63, 3.8) is 0 Å². The van der Waals surface area contributed by atoms with E-state index in [2.05, 4.69) is 15.6 Å². The molecular weight excluding hydrogens is 369 g/mol. The van der Waals surface area contributed by atoms with Crippen LogP contribution in [0.5, 0.6) is 0 Å². The van der Waals surface area contributed by atoms with Gasteiger partial charge in [-0.05, 0) is 50.2 Å². The number of nitrogens with zero attached hydrogens (tertiary/aromatic N) is 1. The van der Waals surface area contributed by atoms with Gasteiger partial charge >= 0.3 is 0 Å². The molecule has 5 nitrogen and oxygen atoms in total. The predicted octanol–water partition coefficient (Wildman–Crippen LogP) is 3.21. The zero-order chi connectivity index (χ0) is 15.4. The first kappa shape index (κ1) is 21.0. The third kappa shape index (κ3) is 5.48. The molecule has 8 heteroatoms. The summed E-state index contributed by atoms with van der Waals surface area (Å²) in [5.41, 5.74) is 1.69. The minimum atomic E-state index is 0. The molecule has 1 amide bonds. The Balaban J connectivity index is 0.00000144. The van der Waals surface area contributed by atoms with E-state index in [1.807, 2.05) is 23.8 Å². The van der Waals surface area contributed by atoms with Gasteiger partial charge in [0.25, 0.3) is 0 Å². The first-order valence-electron chi connectivity index (χ1n) is 7.68. The van der Waals surface area contributed by atoms with E-state index in [0.29, 0.717) is 11.8 Å². The van der Waals surface area contributed by atoms with Crippen molar-refractivity contribution < 1.29 is 9.21 Å². The molecule has 1 atom stereocenters. The second-order valence-electron chi connectivity index (χ2n) is 5.73. The van der Waals surface area contributed by atoms with Gasteiger partial charge in [-0.3, -0.25) is 4.79 Å². The van der Waals surface area contributed by atoms with Crippen LogP contribution in [0.25, 0.3) is 11.5 Å². The molecule has 0 spiro atoms. The summed E-state index contributed by atoms with van der Waals surface area (Å²) < 4.78 is 5.66. The average Bonchev–Trinajstić information content (AvgIpc) is 3.17. The molecule has 0 bridgehead atoms. The second kappa shape index (κ2) is 10.0. The van der Waals surface area contributed by atoms with E-state index < -0.39 is 0 Å². The Morgan fingerprint density at radius 2 is 2.33 bits per heavy atom. The Bertz CT molecular complexity index is 625. The number of aromatic nitrogens is 1. The number of halogens is 2. The molecule has 2 aromatic heterocycles. The number of thiophene rings is 1. The highest BCUT2D eigenvalue weighted by atomic mass is 35.5. The minimum absolute atomic E-state index is 0. The van der Waals surface area contributed by atoms with E-state index in [1.165, 1.54) is 12.8 Å². The number of carbonyl (C=O) groups is 1. The lowest BCUT2D eigenvalue weighted by Crippen LogP contribution is -2.38. The Labute approximate surface area is 158 Å². The van der Waals surface area contributed by atoms with Crippen LogP contribution in [0, 0.1) is 12.8 Å². The number of oxazole rings is 1. The Kier molecular flexibility index (Phi) is 8.76. The van der Waals surface area contributed by atoms with Gasteiger partial charge in [0.15, 0.2) is 0 Å². The number of amides is 1. The molecule has 1 saturated heterocycles. The number of hydrogen-bond acceptors (Lipinski definition) is 5. The summed E-state index contributed by atoms with van der Waals surface area (Å²) in [5.74, 6) is 1.87. The molecule has 1 unspecified atom stereocenters. The van der Waals surface area contributed by atoms with Gasteiger partial charge in [0.1, 0.15) is 5.76 Å². The van der Waals surface area contributed by atoms with Crippen molar-refractivity contribution in [3.8, 4) is 11.5 Å². The average molecular weight is 392 g/mol. The molecule has 2 aromatic rings. The Morgan fingerprint density at radius 1 is 1.50 bits per heavy atom. The summed E-state index contributed by atoms with van der Waals surface area (Å²) in [7, 11) is 0. The monoisotopic (exact) mass is 391 g/mol. The highest BCUT2D eigenvalue weighted by Crippen LogP contribution is 2.24. The minimum Gasteiger partial charge on any atom is -0.441 e. The summed E-state index contributed by atoms with van der Waals surface area (Å²) in [6, 6.07) is 1.97. The molecule has 0 aliphatic carbocycles. The van der Waals surface area contributed by atoms with Gasteiger partial charge in [0.05, 0.1) is 12.1 Å². The van der Waals surface area contributed by atoms with Crippen molar-refractivity contribution in [1.82, 2.24) is 15.6 Å². The molecule has 2 N–H and O–H groups in total. The molecule has 1 fully saturated rings. The molecular formula is C16H23Cl2N3O2S. The molecule has 1 aliphatic rings. The summed E-state index contributed by atoms with van der Waals surface area (Å²) in [5, 5.41) is 10.3. The van der Waals surface area contributed by atoms with Crippen LogP contribution < -0.4 is 10.6 Å². The van der Waals surface area contributed by atoms with Crippen LogP contribution in [-0.4, -0.2) is 30.5 Å². The van der Waals surface area contributed by atoms with E-state index in [0.717, 1.165) is 36.7 Å². The number of rotatable bonds is 5. The van der Waals surface area contributed by atoms with E-state index in [4.69, 9.17) is 4.42 Å². The molecule has 0 aromatic carbocycles. The normalized spacial score (nSPS) is 16.8. The fourth-order valence-corrected chi connectivity index (χ4v) is 3.30. The number of carbonyl (C=O) groups excluding carboxylic acids is 1. The Hall–Kier alpha value is -1.08. The van der Waals surface area contributed by atoms with E-state index in [1.54, 1.807) is 11.3 Å². The van der Waals surface area contributed by atoms with Crippen LogP contribution in [0.15, 0.2) is 21.2 Å². The molecule has 134 valence electrons. The van der Waals surface area contributed by atoms with Crippen LogP contribution >= 0.6 is 36.2 Å². The first-order valence-corrected chi connectivity index (χ1v) is 8.63. The van der Waals surface area contributed by atoms with Gasteiger partial charge in [-0.15, -0.1) is 24.8 Å². The molecule has 3 rings (SSSR count). The lowest BCUT2D eigenvalue weighted by molar-refractivity contribution is -0.120. The Morgan fingerprint density at radius 3 is 3.00 bits per heavy atom. The zero-order valence-corrected chi connectivity index (χ0v) is 16.0. The largest absolute Gasteiger partial charge is 0.441 e. The van der Waals surface area contributed by atoms with Crippen molar-refractivity contribution in [2.45, 2.75) is 26.2 Å². The van der Waals surface area contributed by atoms with Gasteiger partial charge in [0.2, 0.25) is 11.8 Å². The SMILES string of the molecule is Cc1oc(-c2ccsc2)nc1CC(=O)NCC1CCCNC1.Cl.Cl. The fraction of sp³-hybridized carbons (Fsp3) is 0.500. The number of piperidine rings is 1. The van der Waals surface area contributed by atoms with Crippen LogP contribution in [0.2, 0.25) is 0 Å². The van der Waals surface area contributed by atoms with Crippen molar-refractivity contribution in [1.29, 1.82) is 0 Å². The van der Waals surface area contributed by atoms with Gasteiger partial charge < -0.3 is 15.1 Å². The maximum Gasteiger partial charge on any atom is 0.227 e. The van der Waals surface area contributed by atoms with Gasteiger partial charge in [-0.1, -0.05) is 0 Å². The number of aryl methyl sites for hydroxylation is 1. The van der Waals surface area contributed by atoms with Crippen LogP contribution in [0.3, 0.4) is 0 Å². The number of hydrogen-bond donors (Lipinski definition) is 2. The highest BCUT2D eigenvalue weighted by Gasteiger charge is 2.17. The van der Waals surface area contributed by atoms with Crippen LogP contribution in [-0.2, 0) is 11.2 Å². The summed E-state index contributed by atoms with van der Waals surface area (Å²) in [4.78, 5) is 16.5. The molecule has 0 radical (unpaired) electrons. The van der Waals surface area contributed by atoms with E-state index in [9.17, 15) is 4.79 Å². The standard InChI is InChI=1S/C16H21N3O2S.2ClH/c1-11-14(19-16(21-11)13-4-6-22-10-13)7-15(20)18-9-12-3-2-5-17-8-12;;/h4,6,10,12,17H,2-3,5,7-9H2,1H3,(H,18,20);2*1H.